The molecule has 0 radical (unpaired) electrons. The molecule has 1 aliphatic heterocycles. The van der Waals surface area contributed by atoms with E-state index in [-0.39, 0.29) is 19.0 Å². The van der Waals surface area contributed by atoms with Gasteiger partial charge in [0.1, 0.15) is 5.60 Å². The third-order valence-corrected chi connectivity index (χ3v) is 4.39. The third-order valence-electron chi connectivity index (χ3n) is 4.39. The highest BCUT2D eigenvalue weighted by molar-refractivity contribution is 5.74. The number of carbonyl (C=O) groups is 2. The van der Waals surface area contributed by atoms with E-state index in [9.17, 15) is 9.59 Å². The van der Waals surface area contributed by atoms with Gasteiger partial charge in [0.15, 0.2) is 0 Å². The molecule has 1 amide bonds. The Morgan fingerprint density at radius 1 is 1.19 bits per heavy atom. The molecule has 1 saturated heterocycles. The van der Waals surface area contributed by atoms with Crippen LogP contribution in [-0.2, 0) is 25.6 Å². The standard InChI is InChI=1S/C20H29NO5/c1-19(2,3)26-18(23)21-12-8-11-20(21,13-17(22)24-4)15-25-14-16-9-6-5-7-10-16/h5-7,9-10H,8,11-15H2,1-4H3/t20-/m1/s1. The molecule has 0 unspecified atom stereocenters. The van der Waals surface area contributed by atoms with Crippen LogP contribution in [0.25, 0.3) is 0 Å². The van der Waals surface area contributed by atoms with Crippen LogP contribution in [0.1, 0.15) is 45.6 Å². The number of hydrogen-bond acceptors (Lipinski definition) is 5. The Hall–Kier alpha value is -2.08. The van der Waals surface area contributed by atoms with Crippen LogP contribution in [0.3, 0.4) is 0 Å². The van der Waals surface area contributed by atoms with Gasteiger partial charge in [-0.25, -0.2) is 4.79 Å². The van der Waals surface area contributed by atoms with Gasteiger partial charge in [0, 0.05) is 6.54 Å². The molecule has 1 aromatic carbocycles. The van der Waals surface area contributed by atoms with Crippen molar-refractivity contribution in [2.45, 2.75) is 57.8 Å². The van der Waals surface area contributed by atoms with E-state index in [1.165, 1.54) is 7.11 Å². The minimum Gasteiger partial charge on any atom is -0.469 e. The van der Waals surface area contributed by atoms with Crippen LogP contribution >= 0.6 is 0 Å². The normalized spacial score (nSPS) is 20.1. The minimum atomic E-state index is -0.732. The molecule has 0 spiro atoms. The molecule has 144 valence electrons. The highest BCUT2D eigenvalue weighted by atomic mass is 16.6. The Kier molecular flexibility index (Phi) is 6.64. The first-order chi connectivity index (χ1) is 12.3. The highest BCUT2D eigenvalue weighted by Gasteiger charge is 2.47. The van der Waals surface area contributed by atoms with Crippen LogP contribution in [-0.4, -0.2) is 48.4 Å². The maximum absolute atomic E-state index is 12.7. The van der Waals surface area contributed by atoms with Gasteiger partial charge in [0.05, 0.1) is 32.3 Å². The van der Waals surface area contributed by atoms with E-state index < -0.39 is 17.2 Å². The lowest BCUT2D eigenvalue weighted by atomic mass is 9.93. The lowest BCUT2D eigenvalue weighted by Gasteiger charge is -2.38. The SMILES string of the molecule is COC(=O)C[C@@]1(COCc2ccccc2)CCCN1C(=O)OC(C)(C)C. The summed E-state index contributed by atoms with van der Waals surface area (Å²) in [5, 5.41) is 0. The summed E-state index contributed by atoms with van der Waals surface area (Å²) < 4.78 is 16.3. The number of hydrogen-bond donors (Lipinski definition) is 0. The summed E-state index contributed by atoms with van der Waals surface area (Å²) in [5.41, 5.74) is -0.284. The number of likely N-dealkylation sites (tertiary alicyclic amines) is 1. The molecule has 0 N–H and O–H groups in total. The monoisotopic (exact) mass is 363 g/mol. The van der Waals surface area contributed by atoms with E-state index in [1.807, 2.05) is 51.1 Å². The molecular formula is C20H29NO5. The molecule has 26 heavy (non-hydrogen) atoms. The Balaban J connectivity index is 2.12. The van der Waals surface area contributed by atoms with Crippen molar-refractivity contribution in [1.82, 2.24) is 4.90 Å². The molecule has 0 bridgehead atoms. The number of carbonyl (C=O) groups excluding carboxylic acids is 2. The predicted molar refractivity (Wildman–Crippen MR) is 97.6 cm³/mol. The zero-order valence-corrected chi connectivity index (χ0v) is 16.1. The van der Waals surface area contributed by atoms with E-state index >= 15 is 0 Å². The van der Waals surface area contributed by atoms with E-state index in [2.05, 4.69) is 0 Å². The summed E-state index contributed by atoms with van der Waals surface area (Å²) in [6.07, 6.45) is 1.15. The number of benzene rings is 1. The Morgan fingerprint density at radius 3 is 2.50 bits per heavy atom. The minimum absolute atomic E-state index is 0.0948. The lowest BCUT2D eigenvalue weighted by molar-refractivity contribution is -0.144. The first-order valence-electron chi connectivity index (χ1n) is 8.95. The quantitative estimate of drug-likeness (QED) is 0.724. The molecule has 6 heteroatoms. The van der Waals surface area contributed by atoms with Crippen molar-refractivity contribution in [1.29, 1.82) is 0 Å². The number of esters is 1. The summed E-state index contributed by atoms with van der Waals surface area (Å²) >= 11 is 0. The molecule has 1 aliphatic rings. The number of methoxy groups -OCH3 is 1. The van der Waals surface area contributed by atoms with Crippen molar-refractivity contribution in [3.05, 3.63) is 35.9 Å². The Labute approximate surface area is 155 Å². The van der Waals surface area contributed by atoms with Gasteiger partial charge in [-0.15, -0.1) is 0 Å². The molecule has 2 rings (SSSR count). The van der Waals surface area contributed by atoms with Gasteiger partial charge in [-0.2, -0.15) is 0 Å². The summed E-state index contributed by atoms with van der Waals surface area (Å²) in [6.45, 7) is 6.71. The maximum Gasteiger partial charge on any atom is 0.410 e. The van der Waals surface area contributed by atoms with Crippen LogP contribution in [0.4, 0.5) is 4.79 Å². The molecule has 1 heterocycles. The summed E-state index contributed by atoms with van der Waals surface area (Å²) in [4.78, 5) is 26.3. The van der Waals surface area contributed by atoms with Crippen molar-refractivity contribution < 1.29 is 23.8 Å². The van der Waals surface area contributed by atoms with Crippen LogP contribution in [0.5, 0.6) is 0 Å². The second-order valence-electron chi connectivity index (χ2n) is 7.69. The van der Waals surface area contributed by atoms with Gasteiger partial charge in [-0.05, 0) is 39.2 Å². The van der Waals surface area contributed by atoms with Crippen molar-refractivity contribution >= 4 is 12.1 Å². The fraction of sp³-hybridized carbons (Fsp3) is 0.600. The Bertz CT molecular complexity index is 610. The number of amides is 1. The van der Waals surface area contributed by atoms with Crippen LogP contribution in [0.15, 0.2) is 30.3 Å². The van der Waals surface area contributed by atoms with E-state index in [4.69, 9.17) is 14.2 Å². The first kappa shape index (κ1) is 20.2. The van der Waals surface area contributed by atoms with Crippen molar-refractivity contribution in [2.75, 3.05) is 20.3 Å². The number of ether oxygens (including phenoxy) is 3. The third kappa shape index (κ3) is 5.46. The zero-order chi connectivity index (χ0) is 19.2. The van der Waals surface area contributed by atoms with Crippen molar-refractivity contribution in [3.63, 3.8) is 0 Å². The summed E-state index contributed by atoms with van der Waals surface area (Å²) in [7, 11) is 1.35. The fourth-order valence-electron chi connectivity index (χ4n) is 3.20. The molecular weight excluding hydrogens is 334 g/mol. The topological polar surface area (TPSA) is 65.1 Å². The maximum atomic E-state index is 12.7. The Morgan fingerprint density at radius 2 is 1.88 bits per heavy atom. The zero-order valence-electron chi connectivity index (χ0n) is 16.1. The molecule has 6 nitrogen and oxygen atoms in total. The van der Waals surface area contributed by atoms with Gasteiger partial charge >= 0.3 is 12.1 Å². The fourth-order valence-corrected chi connectivity index (χ4v) is 3.20. The second-order valence-corrected chi connectivity index (χ2v) is 7.69. The van der Waals surface area contributed by atoms with Gasteiger partial charge in [0.2, 0.25) is 0 Å². The molecule has 1 atom stereocenters. The van der Waals surface area contributed by atoms with Gasteiger partial charge in [-0.3, -0.25) is 9.69 Å². The predicted octanol–water partition coefficient (Wildman–Crippen LogP) is 3.54. The molecule has 1 aromatic rings. The second kappa shape index (κ2) is 8.54. The van der Waals surface area contributed by atoms with Gasteiger partial charge in [-0.1, -0.05) is 30.3 Å². The number of nitrogens with zero attached hydrogens (tertiary/aromatic N) is 1. The highest BCUT2D eigenvalue weighted by Crippen LogP contribution is 2.35. The van der Waals surface area contributed by atoms with Crippen LogP contribution in [0, 0.1) is 0 Å². The van der Waals surface area contributed by atoms with Crippen molar-refractivity contribution in [2.24, 2.45) is 0 Å². The van der Waals surface area contributed by atoms with Crippen LogP contribution < -0.4 is 0 Å². The van der Waals surface area contributed by atoms with Gasteiger partial charge < -0.3 is 14.2 Å². The summed E-state index contributed by atoms with van der Waals surface area (Å²) in [5.74, 6) is -0.358. The molecule has 0 aromatic heterocycles. The molecule has 0 aliphatic carbocycles. The van der Waals surface area contributed by atoms with E-state index in [1.54, 1.807) is 4.90 Å². The number of rotatable bonds is 6. The average Bonchev–Trinajstić information content (AvgIpc) is 2.98. The van der Waals surface area contributed by atoms with E-state index in [0.717, 1.165) is 12.0 Å². The average molecular weight is 363 g/mol. The smallest absolute Gasteiger partial charge is 0.410 e. The first-order valence-corrected chi connectivity index (χ1v) is 8.95. The van der Waals surface area contributed by atoms with Crippen LogP contribution in [0.2, 0.25) is 0 Å². The molecule has 0 saturated carbocycles. The largest absolute Gasteiger partial charge is 0.469 e. The van der Waals surface area contributed by atoms with E-state index in [0.29, 0.717) is 19.6 Å². The van der Waals surface area contributed by atoms with Crippen molar-refractivity contribution in [3.8, 4) is 0 Å². The molecule has 1 fully saturated rings. The summed E-state index contributed by atoms with van der Waals surface area (Å²) in [6, 6.07) is 9.81. The lowest BCUT2D eigenvalue weighted by Crippen LogP contribution is -2.53. The van der Waals surface area contributed by atoms with Gasteiger partial charge in [0.25, 0.3) is 0 Å².